The lowest BCUT2D eigenvalue weighted by Crippen LogP contribution is -2.39. The van der Waals surface area contributed by atoms with Crippen molar-refractivity contribution in [1.29, 1.82) is 0 Å². The van der Waals surface area contributed by atoms with Gasteiger partial charge < -0.3 is 16.4 Å². The SMILES string of the molecule is CC(C)NC(=O)CCNC(=O)C(CN)Cc1ccccc1. The molecular weight excluding hydrogens is 266 g/mol. The summed E-state index contributed by atoms with van der Waals surface area (Å²) in [7, 11) is 0. The van der Waals surface area contributed by atoms with Crippen molar-refractivity contribution >= 4 is 11.8 Å². The first-order valence-corrected chi connectivity index (χ1v) is 7.34. The van der Waals surface area contributed by atoms with E-state index in [0.717, 1.165) is 5.56 Å². The van der Waals surface area contributed by atoms with Crippen LogP contribution in [0.15, 0.2) is 30.3 Å². The molecule has 1 aromatic rings. The number of carbonyl (C=O) groups is 2. The maximum atomic E-state index is 12.1. The first-order valence-electron chi connectivity index (χ1n) is 7.34. The van der Waals surface area contributed by atoms with Gasteiger partial charge in [0.1, 0.15) is 0 Å². The fraction of sp³-hybridized carbons (Fsp3) is 0.500. The fourth-order valence-corrected chi connectivity index (χ4v) is 2.02. The molecule has 0 bridgehead atoms. The third-order valence-corrected chi connectivity index (χ3v) is 3.08. The average molecular weight is 291 g/mol. The molecule has 0 fully saturated rings. The van der Waals surface area contributed by atoms with E-state index < -0.39 is 0 Å². The van der Waals surface area contributed by atoms with Gasteiger partial charge in [-0.1, -0.05) is 30.3 Å². The van der Waals surface area contributed by atoms with Crippen molar-refractivity contribution in [2.24, 2.45) is 11.7 Å². The Morgan fingerprint density at radius 3 is 2.43 bits per heavy atom. The summed E-state index contributed by atoms with van der Waals surface area (Å²) in [5.41, 5.74) is 6.76. The van der Waals surface area contributed by atoms with Crippen LogP contribution in [-0.4, -0.2) is 30.9 Å². The van der Waals surface area contributed by atoms with Crippen molar-refractivity contribution in [2.75, 3.05) is 13.1 Å². The van der Waals surface area contributed by atoms with Crippen molar-refractivity contribution in [2.45, 2.75) is 32.7 Å². The Labute approximate surface area is 126 Å². The summed E-state index contributed by atoms with van der Waals surface area (Å²) < 4.78 is 0. The van der Waals surface area contributed by atoms with Gasteiger partial charge in [0.05, 0.1) is 5.92 Å². The van der Waals surface area contributed by atoms with Crippen molar-refractivity contribution in [3.05, 3.63) is 35.9 Å². The summed E-state index contributed by atoms with van der Waals surface area (Å²) in [6.07, 6.45) is 0.897. The molecule has 2 amide bonds. The Balaban J connectivity index is 2.36. The van der Waals surface area contributed by atoms with E-state index in [1.165, 1.54) is 0 Å². The molecule has 5 heteroatoms. The lowest BCUT2D eigenvalue weighted by molar-refractivity contribution is -0.125. The van der Waals surface area contributed by atoms with Crippen LogP contribution in [0.2, 0.25) is 0 Å². The third-order valence-electron chi connectivity index (χ3n) is 3.08. The quantitative estimate of drug-likeness (QED) is 0.663. The molecule has 0 saturated heterocycles. The molecule has 0 aliphatic carbocycles. The van der Waals surface area contributed by atoms with Crippen LogP contribution in [0.1, 0.15) is 25.8 Å². The number of rotatable bonds is 8. The number of amides is 2. The lowest BCUT2D eigenvalue weighted by Gasteiger charge is -2.15. The van der Waals surface area contributed by atoms with Crippen LogP contribution in [0.3, 0.4) is 0 Å². The van der Waals surface area contributed by atoms with Gasteiger partial charge in [0, 0.05) is 25.6 Å². The molecule has 1 atom stereocenters. The Bertz CT molecular complexity index is 446. The molecule has 4 N–H and O–H groups in total. The molecule has 116 valence electrons. The molecule has 0 heterocycles. The second kappa shape index (κ2) is 9.13. The molecule has 21 heavy (non-hydrogen) atoms. The summed E-state index contributed by atoms with van der Waals surface area (Å²) >= 11 is 0. The van der Waals surface area contributed by atoms with Crippen LogP contribution < -0.4 is 16.4 Å². The van der Waals surface area contributed by atoms with Gasteiger partial charge in [-0.05, 0) is 25.8 Å². The summed E-state index contributed by atoms with van der Waals surface area (Å²) in [4.78, 5) is 23.5. The average Bonchev–Trinajstić information content (AvgIpc) is 2.44. The number of nitrogens with two attached hydrogens (primary N) is 1. The smallest absolute Gasteiger partial charge is 0.224 e. The standard InChI is InChI=1S/C16H25N3O2/c1-12(2)19-15(20)8-9-18-16(21)14(11-17)10-13-6-4-3-5-7-13/h3-7,12,14H,8-11,17H2,1-2H3,(H,18,21)(H,19,20). The Morgan fingerprint density at radius 1 is 1.19 bits per heavy atom. The number of benzene rings is 1. The molecule has 5 nitrogen and oxygen atoms in total. The van der Waals surface area contributed by atoms with Crippen LogP contribution in [0.4, 0.5) is 0 Å². The number of carbonyl (C=O) groups excluding carboxylic acids is 2. The van der Waals surface area contributed by atoms with E-state index >= 15 is 0 Å². The minimum atomic E-state index is -0.263. The molecule has 1 unspecified atom stereocenters. The highest BCUT2D eigenvalue weighted by molar-refractivity contribution is 5.81. The first-order chi connectivity index (χ1) is 10.0. The lowest BCUT2D eigenvalue weighted by atomic mass is 9.98. The van der Waals surface area contributed by atoms with E-state index in [0.29, 0.717) is 19.5 Å². The van der Waals surface area contributed by atoms with E-state index in [-0.39, 0.29) is 30.2 Å². The van der Waals surface area contributed by atoms with Gasteiger partial charge in [-0.2, -0.15) is 0 Å². The predicted molar refractivity (Wildman–Crippen MR) is 83.6 cm³/mol. The molecule has 0 saturated carbocycles. The van der Waals surface area contributed by atoms with Gasteiger partial charge in [0.2, 0.25) is 11.8 Å². The van der Waals surface area contributed by atoms with E-state index in [4.69, 9.17) is 5.73 Å². The van der Waals surface area contributed by atoms with Crippen LogP contribution in [0.5, 0.6) is 0 Å². The number of hydrogen-bond donors (Lipinski definition) is 3. The van der Waals surface area contributed by atoms with Gasteiger partial charge in [-0.3, -0.25) is 9.59 Å². The zero-order chi connectivity index (χ0) is 15.7. The monoisotopic (exact) mass is 291 g/mol. The highest BCUT2D eigenvalue weighted by Gasteiger charge is 2.17. The van der Waals surface area contributed by atoms with Crippen LogP contribution in [0, 0.1) is 5.92 Å². The van der Waals surface area contributed by atoms with E-state index in [1.54, 1.807) is 0 Å². The van der Waals surface area contributed by atoms with Crippen LogP contribution in [-0.2, 0) is 16.0 Å². The van der Waals surface area contributed by atoms with Crippen molar-refractivity contribution in [1.82, 2.24) is 10.6 Å². The highest BCUT2D eigenvalue weighted by Crippen LogP contribution is 2.07. The molecule has 1 aromatic carbocycles. The van der Waals surface area contributed by atoms with Gasteiger partial charge in [-0.15, -0.1) is 0 Å². The van der Waals surface area contributed by atoms with Gasteiger partial charge >= 0.3 is 0 Å². The minimum absolute atomic E-state index is 0.0577. The van der Waals surface area contributed by atoms with E-state index in [9.17, 15) is 9.59 Å². The van der Waals surface area contributed by atoms with Crippen LogP contribution >= 0.6 is 0 Å². The molecule has 0 aliphatic heterocycles. The van der Waals surface area contributed by atoms with E-state index in [1.807, 2.05) is 44.2 Å². The largest absolute Gasteiger partial charge is 0.355 e. The number of hydrogen-bond acceptors (Lipinski definition) is 3. The maximum Gasteiger partial charge on any atom is 0.224 e. The predicted octanol–water partition coefficient (Wildman–Crippen LogP) is 0.835. The van der Waals surface area contributed by atoms with Crippen molar-refractivity contribution in [3.8, 4) is 0 Å². The summed E-state index contributed by atoms with van der Waals surface area (Å²) in [5.74, 6) is -0.420. The van der Waals surface area contributed by atoms with E-state index in [2.05, 4.69) is 10.6 Å². The second-order valence-corrected chi connectivity index (χ2v) is 5.39. The Kier molecular flexibility index (Phi) is 7.46. The van der Waals surface area contributed by atoms with Gasteiger partial charge in [0.25, 0.3) is 0 Å². The molecule has 0 spiro atoms. The first kappa shape index (κ1) is 17.2. The van der Waals surface area contributed by atoms with Crippen LogP contribution in [0.25, 0.3) is 0 Å². The van der Waals surface area contributed by atoms with Gasteiger partial charge in [-0.25, -0.2) is 0 Å². The van der Waals surface area contributed by atoms with Crippen molar-refractivity contribution < 1.29 is 9.59 Å². The minimum Gasteiger partial charge on any atom is -0.355 e. The number of nitrogens with one attached hydrogen (secondary N) is 2. The fourth-order valence-electron chi connectivity index (χ4n) is 2.02. The maximum absolute atomic E-state index is 12.1. The second-order valence-electron chi connectivity index (χ2n) is 5.39. The van der Waals surface area contributed by atoms with Gasteiger partial charge in [0.15, 0.2) is 0 Å². The zero-order valence-electron chi connectivity index (χ0n) is 12.8. The van der Waals surface area contributed by atoms with Crippen molar-refractivity contribution in [3.63, 3.8) is 0 Å². The summed E-state index contributed by atoms with van der Waals surface area (Å²) in [6.45, 7) is 4.43. The molecule has 0 aliphatic rings. The Morgan fingerprint density at radius 2 is 1.86 bits per heavy atom. The molecule has 1 rings (SSSR count). The summed E-state index contributed by atoms with van der Waals surface area (Å²) in [6, 6.07) is 9.89. The zero-order valence-corrected chi connectivity index (χ0v) is 12.8. The summed E-state index contributed by atoms with van der Waals surface area (Å²) in [5, 5.41) is 5.56. The topological polar surface area (TPSA) is 84.2 Å². The Hall–Kier alpha value is -1.88. The third kappa shape index (κ3) is 6.90. The normalized spacial score (nSPS) is 12.0. The highest BCUT2D eigenvalue weighted by atomic mass is 16.2. The molecular formula is C16H25N3O2. The molecule has 0 radical (unpaired) electrons. The molecule has 0 aromatic heterocycles.